The highest BCUT2D eigenvalue weighted by Gasteiger charge is 2.22. The van der Waals surface area contributed by atoms with E-state index in [1.54, 1.807) is 14.1 Å². The Kier molecular flexibility index (Phi) is 4.65. The normalized spacial score (nSPS) is 11.3. The van der Waals surface area contributed by atoms with Crippen LogP contribution in [0.1, 0.15) is 5.56 Å². The maximum atomic E-state index is 13.2. The van der Waals surface area contributed by atoms with Gasteiger partial charge in [-0.1, -0.05) is 12.1 Å². The second kappa shape index (κ2) is 6.33. The highest BCUT2D eigenvalue weighted by atomic mass is 32.2. The fourth-order valence-electron chi connectivity index (χ4n) is 2.15. The number of anilines is 1. The summed E-state index contributed by atoms with van der Waals surface area (Å²) in [5, 5.41) is 11.1. The number of benzene rings is 2. The predicted octanol–water partition coefficient (Wildman–Crippen LogP) is 2.77. The Morgan fingerprint density at radius 3 is 2.43 bits per heavy atom. The highest BCUT2D eigenvalue weighted by molar-refractivity contribution is 7.90. The largest absolute Gasteiger partial charge is 0.372 e. The van der Waals surface area contributed by atoms with Crippen molar-refractivity contribution in [3.8, 4) is 0 Å². The van der Waals surface area contributed by atoms with Crippen molar-refractivity contribution in [1.82, 2.24) is 0 Å². The van der Waals surface area contributed by atoms with Crippen molar-refractivity contribution in [3.63, 3.8) is 0 Å². The van der Waals surface area contributed by atoms with Crippen molar-refractivity contribution in [3.05, 3.63) is 64.0 Å². The third-order valence-electron chi connectivity index (χ3n) is 3.23. The molecule has 0 heterocycles. The molecule has 0 radical (unpaired) electrons. The minimum Gasteiger partial charge on any atom is -0.372 e. The summed E-state index contributed by atoms with van der Waals surface area (Å²) in [5.74, 6) is -0.963. The molecule has 0 aliphatic heterocycles. The van der Waals surface area contributed by atoms with Crippen molar-refractivity contribution in [2.75, 3.05) is 19.0 Å². The quantitative estimate of drug-likeness (QED) is 0.618. The number of halogens is 1. The highest BCUT2D eigenvalue weighted by Crippen LogP contribution is 2.30. The second-order valence-electron chi connectivity index (χ2n) is 5.19. The minimum absolute atomic E-state index is 0.168. The smallest absolute Gasteiger partial charge is 0.293 e. The van der Waals surface area contributed by atoms with Gasteiger partial charge in [-0.15, -0.1) is 0 Å². The summed E-state index contributed by atoms with van der Waals surface area (Å²) in [6, 6.07) is 8.98. The average molecular weight is 338 g/mol. The maximum Gasteiger partial charge on any atom is 0.293 e. The van der Waals surface area contributed by atoms with E-state index in [0.717, 1.165) is 12.1 Å². The summed E-state index contributed by atoms with van der Waals surface area (Å²) in [5.41, 5.74) is 0.291. The number of sulfone groups is 1. The Labute approximate surface area is 133 Å². The lowest BCUT2D eigenvalue weighted by Gasteiger charge is -2.13. The van der Waals surface area contributed by atoms with Gasteiger partial charge >= 0.3 is 0 Å². The maximum absolute atomic E-state index is 13.2. The van der Waals surface area contributed by atoms with Crippen LogP contribution in [0.25, 0.3) is 0 Å². The van der Waals surface area contributed by atoms with Crippen LogP contribution in [-0.4, -0.2) is 27.4 Å². The molecule has 2 aromatic rings. The van der Waals surface area contributed by atoms with Gasteiger partial charge in [-0.3, -0.25) is 10.1 Å². The van der Waals surface area contributed by atoms with Gasteiger partial charge in [0.15, 0.2) is 9.84 Å². The minimum atomic E-state index is -3.82. The summed E-state index contributed by atoms with van der Waals surface area (Å²) in [6.45, 7) is 0. The van der Waals surface area contributed by atoms with Gasteiger partial charge in [-0.05, 0) is 29.8 Å². The zero-order valence-corrected chi connectivity index (χ0v) is 13.4. The van der Waals surface area contributed by atoms with Crippen LogP contribution in [0, 0.1) is 15.9 Å². The molecular weight excluding hydrogens is 323 g/mol. The molecule has 6 nitrogen and oxygen atoms in total. The molecule has 0 N–H and O–H groups in total. The monoisotopic (exact) mass is 338 g/mol. The van der Waals surface area contributed by atoms with Crippen LogP contribution in [0.3, 0.4) is 0 Å². The molecule has 0 saturated heterocycles. The molecule has 0 atom stereocenters. The van der Waals surface area contributed by atoms with Gasteiger partial charge in [0, 0.05) is 20.2 Å². The van der Waals surface area contributed by atoms with Crippen LogP contribution >= 0.6 is 0 Å². The van der Waals surface area contributed by atoms with E-state index in [0.29, 0.717) is 5.69 Å². The Hall–Kier alpha value is -2.48. The van der Waals surface area contributed by atoms with Crippen molar-refractivity contribution < 1.29 is 17.7 Å². The molecule has 0 amide bonds. The van der Waals surface area contributed by atoms with Crippen LogP contribution in [0.15, 0.2) is 47.4 Å². The van der Waals surface area contributed by atoms with Crippen LogP contribution < -0.4 is 4.90 Å². The van der Waals surface area contributed by atoms with Gasteiger partial charge < -0.3 is 4.90 Å². The number of nitro groups is 1. The molecule has 0 bridgehead atoms. The molecule has 2 rings (SSSR count). The zero-order chi connectivity index (χ0) is 17.2. The molecule has 0 unspecified atom stereocenters. The van der Waals surface area contributed by atoms with E-state index in [4.69, 9.17) is 0 Å². The Morgan fingerprint density at radius 1 is 1.17 bits per heavy atom. The lowest BCUT2D eigenvalue weighted by atomic mass is 10.2. The molecule has 23 heavy (non-hydrogen) atoms. The van der Waals surface area contributed by atoms with E-state index < -0.39 is 26.3 Å². The summed E-state index contributed by atoms with van der Waals surface area (Å²) in [4.78, 5) is 11.9. The number of nitro benzene ring substituents is 1. The fourth-order valence-corrected chi connectivity index (χ4v) is 3.50. The van der Waals surface area contributed by atoms with Crippen molar-refractivity contribution >= 4 is 21.2 Å². The lowest BCUT2D eigenvalue weighted by molar-refractivity contribution is -0.384. The molecule has 2 aromatic carbocycles. The van der Waals surface area contributed by atoms with Crippen LogP contribution in [0.4, 0.5) is 15.8 Å². The lowest BCUT2D eigenvalue weighted by Crippen LogP contribution is -2.12. The number of nitrogens with zero attached hydrogens (tertiary/aromatic N) is 2. The molecule has 0 aliphatic carbocycles. The van der Waals surface area contributed by atoms with E-state index in [9.17, 15) is 22.9 Å². The topological polar surface area (TPSA) is 80.5 Å². The summed E-state index contributed by atoms with van der Waals surface area (Å²) >= 11 is 0. The summed E-state index contributed by atoms with van der Waals surface area (Å²) in [6.07, 6.45) is 0. The van der Waals surface area contributed by atoms with Gasteiger partial charge in [0.2, 0.25) is 0 Å². The summed E-state index contributed by atoms with van der Waals surface area (Å²) in [7, 11) is -0.562. The number of rotatable bonds is 5. The number of hydrogen-bond donors (Lipinski definition) is 0. The second-order valence-corrected chi connectivity index (χ2v) is 7.18. The standard InChI is InChI=1S/C15H15FN2O4S/c1-17(2)14-7-6-13(9-15(14)18(19)20)23(21,22)10-11-4-3-5-12(16)8-11/h3-9H,10H2,1-2H3. The zero-order valence-electron chi connectivity index (χ0n) is 12.6. The van der Waals surface area contributed by atoms with Gasteiger partial charge in [-0.25, -0.2) is 12.8 Å². The van der Waals surface area contributed by atoms with E-state index in [-0.39, 0.29) is 16.1 Å². The van der Waals surface area contributed by atoms with Crippen LogP contribution in [0.2, 0.25) is 0 Å². The molecule has 0 spiro atoms. The van der Waals surface area contributed by atoms with Crippen molar-refractivity contribution in [2.45, 2.75) is 10.6 Å². The Bertz CT molecular complexity index is 850. The molecule has 122 valence electrons. The van der Waals surface area contributed by atoms with Crippen LogP contribution in [-0.2, 0) is 15.6 Å². The third kappa shape index (κ3) is 3.84. The molecule has 0 aliphatic rings. The average Bonchev–Trinajstić information content (AvgIpc) is 2.46. The van der Waals surface area contributed by atoms with Gasteiger partial charge in [-0.2, -0.15) is 0 Å². The van der Waals surface area contributed by atoms with Crippen molar-refractivity contribution in [2.24, 2.45) is 0 Å². The van der Waals surface area contributed by atoms with Gasteiger partial charge in [0.25, 0.3) is 5.69 Å². The van der Waals surface area contributed by atoms with Crippen molar-refractivity contribution in [1.29, 1.82) is 0 Å². The first kappa shape index (κ1) is 16.9. The molecule has 0 aromatic heterocycles. The molecular formula is C15H15FN2O4S. The van der Waals surface area contributed by atoms with E-state index in [2.05, 4.69) is 0 Å². The van der Waals surface area contributed by atoms with Crippen LogP contribution in [0.5, 0.6) is 0 Å². The molecule has 8 heteroatoms. The first-order valence-electron chi connectivity index (χ1n) is 6.63. The molecule has 0 fully saturated rings. The molecule has 0 saturated carbocycles. The Morgan fingerprint density at radius 2 is 1.87 bits per heavy atom. The number of hydrogen-bond acceptors (Lipinski definition) is 5. The summed E-state index contributed by atoms with van der Waals surface area (Å²) < 4.78 is 38.0. The van der Waals surface area contributed by atoms with E-state index >= 15 is 0 Å². The first-order valence-corrected chi connectivity index (χ1v) is 8.29. The van der Waals surface area contributed by atoms with E-state index in [1.165, 1.54) is 35.2 Å². The first-order chi connectivity index (χ1) is 10.7. The van der Waals surface area contributed by atoms with E-state index in [1.807, 2.05) is 0 Å². The fraction of sp³-hybridized carbons (Fsp3) is 0.200. The third-order valence-corrected chi connectivity index (χ3v) is 4.92. The Balaban J connectivity index is 2.44. The van der Waals surface area contributed by atoms with Gasteiger partial charge in [0.05, 0.1) is 15.6 Å². The predicted molar refractivity (Wildman–Crippen MR) is 84.7 cm³/mol. The SMILES string of the molecule is CN(C)c1ccc(S(=O)(=O)Cc2cccc(F)c2)cc1[N+](=O)[O-]. The van der Waals surface area contributed by atoms with Gasteiger partial charge in [0.1, 0.15) is 11.5 Å².